The first-order valence-electron chi connectivity index (χ1n) is 5.86. The van der Waals surface area contributed by atoms with Crippen LogP contribution in [0.1, 0.15) is 52.4 Å². The van der Waals surface area contributed by atoms with Crippen molar-refractivity contribution >= 4 is 12.1 Å². The van der Waals surface area contributed by atoms with Gasteiger partial charge < -0.3 is 10.5 Å². The molecule has 0 aliphatic carbocycles. The van der Waals surface area contributed by atoms with Crippen LogP contribution < -0.4 is 5.73 Å². The maximum absolute atomic E-state index is 11.6. The highest BCUT2D eigenvalue weighted by molar-refractivity contribution is 5.87. The van der Waals surface area contributed by atoms with E-state index in [1.807, 2.05) is 6.92 Å². The van der Waals surface area contributed by atoms with E-state index >= 15 is 0 Å². The highest BCUT2D eigenvalue weighted by atomic mass is 16.1. The minimum atomic E-state index is -0.594. The van der Waals surface area contributed by atoms with E-state index in [1.165, 1.54) is 19.3 Å². The molecule has 1 unspecified atom stereocenters. The number of carbonyl (C=O) groups is 2. The average molecular weight is 213 g/mol. The van der Waals surface area contributed by atoms with Crippen LogP contribution in [0.4, 0.5) is 0 Å². The lowest BCUT2D eigenvalue weighted by Gasteiger charge is -2.14. The Labute approximate surface area is 92.4 Å². The molecule has 3 heteroatoms. The van der Waals surface area contributed by atoms with E-state index in [4.69, 9.17) is 5.73 Å². The van der Waals surface area contributed by atoms with E-state index in [1.54, 1.807) is 0 Å². The van der Waals surface area contributed by atoms with Gasteiger partial charge >= 0.3 is 0 Å². The minimum absolute atomic E-state index is 0.00296. The van der Waals surface area contributed by atoms with Crippen LogP contribution in [0.5, 0.6) is 0 Å². The monoisotopic (exact) mass is 213 g/mol. The fourth-order valence-electron chi connectivity index (χ4n) is 1.60. The number of unbranched alkanes of at least 4 members (excludes halogenated alkanes) is 3. The third-order valence-corrected chi connectivity index (χ3v) is 2.69. The average Bonchev–Trinajstić information content (AvgIpc) is 2.23. The van der Waals surface area contributed by atoms with Gasteiger partial charge in [-0.1, -0.05) is 39.5 Å². The van der Waals surface area contributed by atoms with Crippen LogP contribution in [0.2, 0.25) is 0 Å². The predicted octanol–water partition coefficient (Wildman–Crippen LogP) is 2.08. The van der Waals surface area contributed by atoms with Gasteiger partial charge in [0.2, 0.25) is 0 Å². The number of rotatable bonds is 9. The number of nitrogens with two attached hydrogens (primary N) is 1. The fraction of sp³-hybridized carbons (Fsp3) is 0.833. The van der Waals surface area contributed by atoms with Crippen molar-refractivity contribution in [3.05, 3.63) is 0 Å². The number of aldehydes is 1. The molecule has 0 aliphatic heterocycles. The summed E-state index contributed by atoms with van der Waals surface area (Å²) in [6.07, 6.45) is 6.44. The number of Topliss-reactive ketones (excluding diaryl/α,β-unsaturated/α-hetero) is 1. The smallest absolute Gasteiger partial charge is 0.152 e. The molecule has 0 radical (unpaired) electrons. The molecular weight excluding hydrogens is 190 g/mol. The Hall–Kier alpha value is -0.700. The van der Waals surface area contributed by atoms with E-state index in [0.717, 1.165) is 12.8 Å². The molecule has 88 valence electrons. The van der Waals surface area contributed by atoms with Gasteiger partial charge in [-0.25, -0.2) is 0 Å². The molecule has 0 aromatic carbocycles. The largest absolute Gasteiger partial charge is 0.321 e. The van der Waals surface area contributed by atoms with E-state index in [-0.39, 0.29) is 18.1 Å². The van der Waals surface area contributed by atoms with Crippen LogP contribution in [0.15, 0.2) is 0 Å². The van der Waals surface area contributed by atoms with Crippen molar-refractivity contribution in [3.8, 4) is 0 Å². The Morgan fingerprint density at radius 2 is 2.00 bits per heavy atom. The summed E-state index contributed by atoms with van der Waals surface area (Å²) in [4.78, 5) is 21.8. The minimum Gasteiger partial charge on any atom is -0.321 e. The molecule has 0 saturated carbocycles. The second-order valence-corrected chi connectivity index (χ2v) is 4.16. The third kappa shape index (κ3) is 6.39. The summed E-state index contributed by atoms with van der Waals surface area (Å²) >= 11 is 0. The zero-order valence-corrected chi connectivity index (χ0v) is 9.87. The second kappa shape index (κ2) is 8.60. The van der Waals surface area contributed by atoms with Crippen molar-refractivity contribution in [2.45, 2.75) is 58.4 Å². The summed E-state index contributed by atoms with van der Waals surface area (Å²) in [5.41, 5.74) is 5.58. The van der Waals surface area contributed by atoms with Gasteiger partial charge in [-0.3, -0.25) is 4.79 Å². The van der Waals surface area contributed by atoms with Gasteiger partial charge in [0.15, 0.2) is 5.78 Å². The maximum atomic E-state index is 11.6. The molecule has 0 fully saturated rings. The predicted molar refractivity (Wildman–Crippen MR) is 61.6 cm³/mol. The zero-order chi connectivity index (χ0) is 11.7. The molecule has 0 amide bonds. The Bertz CT molecular complexity index is 192. The zero-order valence-electron chi connectivity index (χ0n) is 9.87. The van der Waals surface area contributed by atoms with Crippen molar-refractivity contribution in [1.82, 2.24) is 0 Å². The molecule has 15 heavy (non-hydrogen) atoms. The normalized spacial score (nSPS) is 14.6. The second-order valence-electron chi connectivity index (χ2n) is 4.16. The van der Waals surface area contributed by atoms with Crippen LogP contribution in [0, 0.1) is 5.92 Å². The third-order valence-electron chi connectivity index (χ3n) is 2.69. The summed E-state index contributed by atoms with van der Waals surface area (Å²) in [6, 6.07) is -0.594. The quantitative estimate of drug-likeness (QED) is 0.471. The molecular formula is C12H23NO2. The number of carbonyl (C=O) groups excluding carboxylic acids is 2. The molecule has 2 atom stereocenters. The molecule has 0 bridgehead atoms. The molecule has 0 rings (SSSR count). The summed E-state index contributed by atoms with van der Waals surface area (Å²) in [5, 5.41) is 0. The summed E-state index contributed by atoms with van der Waals surface area (Å²) in [6.45, 7) is 4.06. The summed E-state index contributed by atoms with van der Waals surface area (Å²) in [7, 11) is 0. The van der Waals surface area contributed by atoms with Crippen LogP contribution in [-0.2, 0) is 9.59 Å². The van der Waals surface area contributed by atoms with Crippen molar-refractivity contribution in [3.63, 3.8) is 0 Å². The number of ketones is 1. The van der Waals surface area contributed by atoms with Crippen molar-refractivity contribution < 1.29 is 9.59 Å². The first kappa shape index (κ1) is 14.3. The highest BCUT2D eigenvalue weighted by Crippen LogP contribution is 2.13. The Balaban J connectivity index is 3.72. The number of hydrogen-bond acceptors (Lipinski definition) is 3. The molecule has 2 N–H and O–H groups in total. The van der Waals surface area contributed by atoms with E-state index in [9.17, 15) is 9.59 Å². The maximum Gasteiger partial charge on any atom is 0.152 e. The first-order chi connectivity index (χ1) is 7.13. The summed E-state index contributed by atoms with van der Waals surface area (Å²) < 4.78 is 0. The van der Waals surface area contributed by atoms with Gasteiger partial charge in [0, 0.05) is 12.3 Å². The Morgan fingerprint density at radius 3 is 2.53 bits per heavy atom. The van der Waals surface area contributed by atoms with Gasteiger partial charge in [-0.05, 0) is 6.42 Å². The highest BCUT2D eigenvalue weighted by Gasteiger charge is 2.19. The topological polar surface area (TPSA) is 60.2 Å². The molecule has 0 aromatic rings. The lowest BCUT2D eigenvalue weighted by atomic mass is 9.93. The SMILES string of the molecule is CCCCCCC(C)C(=O)[C@@H](N)CC=O. The fourth-order valence-corrected chi connectivity index (χ4v) is 1.60. The molecule has 0 aromatic heterocycles. The molecule has 0 spiro atoms. The van der Waals surface area contributed by atoms with Gasteiger partial charge in [-0.15, -0.1) is 0 Å². The van der Waals surface area contributed by atoms with Gasteiger partial charge in [0.1, 0.15) is 6.29 Å². The van der Waals surface area contributed by atoms with E-state index in [0.29, 0.717) is 6.29 Å². The number of hydrogen-bond donors (Lipinski definition) is 1. The van der Waals surface area contributed by atoms with Crippen LogP contribution in [-0.4, -0.2) is 18.1 Å². The van der Waals surface area contributed by atoms with Crippen molar-refractivity contribution in [2.75, 3.05) is 0 Å². The lowest BCUT2D eigenvalue weighted by molar-refractivity contribution is -0.125. The molecule has 0 saturated heterocycles. The van der Waals surface area contributed by atoms with Crippen LogP contribution in [0.25, 0.3) is 0 Å². The first-order valence-corrected chi connectivity index (χ1v) is 5.86. The van der Waals surface area contributed by atoms with Crippen LogP contribution >= 0.6 is 0 Å². The molecule has 0 aliphatic rings. The van der Waals surface area contributed by atoms with Crippen LogP contribution in [0.3, 0.4) is 0 Å². The summed E-state index contributed by atoms with van der Waals surface area (Å²) in [5.74, 6) is 0.0235. The van der Waals surface area contributed by atoms with Crippen molar-refractivity contribution in [1.29, 1.82) is 0 Å². The Morgan fingerprint density at radius 1 is 1.33 bits per heavy atom. The standard InChI is InChI=1S/C12H23NO2/c1-3-4-5-6-7-10(2)12(15)11(13)8-9-14/h9-11H,3-8,13H2,1-2H3/t10?,11-/m0/s1. The Kier molecular flexibility index (Phi) is 8.19. The van der Waals surface area contributed by atoms with E-state index < -0.39 is 6.04 Å². The van der Waals surface area contributed by atoms with E-state index in [2.05, 4.69) is 6.92 Å². The van der Waals surface area contributed by atoms with Gasteiger partial charge in [0.25, 0.3) is 0 Å². The van der Waals surface area contributed by atoms with Gasteiger partial charge in [-0.2, -0.15) is 0 Å². The molecule has 3 nitrogen and oxygen atoms in total. The van der Waals surface area contributed by atoms with Gasteiger partial charge in [0.05, 0.1) is 6.04 Å². The van der Waals surface area contributed by atoms with Crippen molar-refractivity contribution in [2.24, 2.45) is 11.7 Å². The molecule has 0 heterocycles. The lowest BCUT2D eigenvalue weighted by Crippen LogP contribution is -2.34.